The van der Waals surface area contributed by atoms with Crippen molar-refractivity contribution in [1.82, 2.24) is 0 Å². The molecule has 3 rings (SSSR count). The zero-order valence-corrected chi connectivity index (χ0v) is 13.5. The highest BCUT2D eigenvalue weighted by Crippen LogP contribution is 2.28. The Kier molecular flexibility index (Phi) is 5.10. The maximum atomic E-state index is 5.70. The van der Waals surface area contributed by atoms with Crippen molar-refractivity contribution in [1.29, 1.82) is 0 Å². The second-order valence-corrected chi connectivity index (χ2v) is 5.67. The van der Waals surface area contributed by atoms with Crippen molar-refractivity contribution in [3.63, 3.8) is 0 Å². The monoisotopic (exact) mass is 302 g/mol. The summed E-state index contributed by atoms with van der Waals surface area (Å²) in [5.74, 6) is 0.946. The van der Waals surface area contributed by atoms with Gasteiger partial charge in [0.25, 0.3) is 0 Å². The van der Waals surface area contributed by atoms with Crippen LogP contribution in [0.25, 0.3) is 23.3 Å². The molecule has 0 radical (unpaired) electrons. The lowest BCUT2D eigenvalue weighted by atomic mass is 10.1. The highest BCUT2D eigenvalue weighted by Gasteiger charge is 2.04. The average molecular weight is 302 g/mol. The van der Waals surface area contributed by atoms with Crippen molar-refractivity contribution in [2.75, 3.05) is 6.61 Å². The first-order valence-corrected chi connectivity index (χ1v) is 8.25. The van der Waals surface area contributed by atoms with E-state index in [1.807, 2.05) is 12.1 Å². The fourth-order valence-electron chi connectivity index (χ4n) is 2.58. The van der Waals surface area contributed by atoms with E-state index in [-0.39, 0.29) is 0 Å². The second-order valence-electron chi connectivity index (χ2n) is 5.67. The van der Waals surface area contributed by atoms with Crippen LogP contribution in [0.3, 0.4) is 0 Å². The van der Waals surface area contributed by atoms with Crippen molar-refractivity contribution in [3.05, 3.63) is 77.9 Å². The Bertz CT molecular complexity index is 740. The van der Waals surface area contributed by atoms with E-state index in [2.05, 4.69) is 73.7 Å². The molecule has 0 atom stereocenters. The minimum atomic E-state index is 0.794. The summed E-state index contributed by atoms with van der Waals surface area (Å²) in [4.78, 5) is 0. The number of hydrogen-bond donors (Lipinski definition) is 0. The van der Waals surface area contributed by atoms with Gasteiger partial charge in [0.05, 0.1) is 6.61 Å². The highest BCUT2D eigenvalue weighted by atomic mass is 16.5. The van der Waals surface area contributed by atoms with Crippen LogP contribution in [0.5, 0.6) is 5.75 Å². The standard InChI is InChI=1S/C22H22O/c1-2-3-17-23-21-15-10-18(11-16-21)9-12-20-14-13-19-7-5-4-6-8-22(19)20/h4-16H,2-3,17H2,1H3/b12-9+. The molecule has 0 heterocycles. The summed E-state index contributed by atoms with van der Waals surface area (Å²) in [6.45, 7) is 2.97. The molecule has 2 aliphatic rings. The van der Waals surface area contributed by atoms with Crippen molar-refractivity contribution >= 4 is 12.2 Å². The Hall–Kier alpha value is -2.54. The number of rotatable bonds is 6. The highest BCUT2D eigenvalue weighted by molar-refractivity contribution is 5.83. The van der Waals surface area contributed by atoms with Gasteiger partial charge in [-0.1, -0.05) is 80.1 Å². The van der Waals surface area contributed by atoms with Gasteiger partial charge in [-0.05, 0) is 40.8 Å². The van der Waals surface area contributed by atoms with Crippen LogP contribution in [0, 0.1) is 0 Å². The summed E-state index contributed by atoms with van der Waals surface area (Å²) >= 11 is 0. The predicted molar refractivity (Wildman–Crippen MR) is 98.8 cm³/mol. The van der Waals surface area contributed by atoms with Gasteiger partial charge in [-0.15, -0.1) is 0 Å². The SMILES string of the molecule is CCCCOc1ccc(/C=C/c2ccc3cccccc2-3)cc1. The Labute approximate surface area is 138 Å². The van der Waals surface area contributed by atoms with Crippen LogP contribution in [-0.4, -0.2) is 6.61 Å². The van der Waals surface area contributed by atoms with Gasteiger partial charge in [0, 0.05) is 0 Å². The molecular weight excluding hydrogens is 280 g/mol. The third-order valence-electron chi connectivity index (χ3n) is 3.93. The Morgan fingerprint density at radius 2 is 1.65 bits per heavy atom. The third kappa shape index (κ3) is 4.01. The lowest BCUT2D eigenvalue weighted by Gasteiger charge is -2.05. The minimum absolute atomic E-state index is 0.794. The van der Waals surface area contributed by atoms with Crippen molar-refractivity contribution < 1.29 is 4.74 Å². The number of fused-ring (bicyclic) bond motifs is 1. The van der Waals surface area contributed by atoms with Crippen molar-refractivity contribution in [2.45, 2.75) is 19.8 Å². The van der Waals surface area contributed by atoms with Crippen LogP contribution in [0.4, 0.5) is 0 Å². The molecule has 0 saturated carbocycles. The quantitative estimate of drug-likeness (QED) is 0.497. The van der Waals surface area contributed by atoms with Gasteiger partial charge in [0.15, 0.2) is 0 Å². The molecule has 116 valence electrons. The molecule has 1 aromatic rings. The molecular formula is C22H22O. The van der Waals surface area contributed by atoms with E-state index in [9.17, 15) is 0 Å². The van der Waals surface area contributed by atoms with Crippen LogP contribution in [-0.2, 0) is 0 Å². The fraction of sp³-hybridized carbons (Fsp3) is 0.182. The molecule has 0 spiro atoms. The van der Waals surface area contributed by atoms with Crippen LogP contribution >= 0.6 is 0 Å². The second kappa shape index (κ2) is 7.64. The first-order valence-electron chi connectivity index (χ1n) is 8.25. The topological polar surface area (TPSA) is 9.23 Å². The van der Waals surface area contributed by atoms with Crippen LogP contribution in [0.2, 0.25) is 0 Å². The molecule has 23 heavy (non-hydrogen) atoms. The van der Waals surface area contributed by atoms with Gasteiger partial charge < -0.3 is 4.74 Å². The Morgan fingerprint density at radius 3 is 2.48 bits per heavy atom. The van der Waals surface area contributed by atoms with Gasteiger partial charge in [-0.3, -0.25) is 0 Å². The molecule has 1 heteroatoms. The van der Waals surface area contributed by atoms with E-state index in [1.54, 1.807) is 0 Å². The summed E-state index contributed by atoms with van der Waals surface area (Å²) in [5, 5.41) is 0. The summed E-state index contributed by atoms with van der Waals surface area (Å²) in [7, 11) is 0. The number of ether oxygens (including phenoxy) is 1. The predicted octanol–water partition coefficient (Wildman–Crippen LogP) is 6.14. The van der Waals surface area contributed by atoms with E-state index in [4.69, 9.17) is 4.74 Å². The molecule has 1 nitrogen and oxygen atoms in total. The average Bonchev–Trinajstić information content (AvgIpc) is 2.81. The van der Waals surface area contributed by atoms with E-state index in [1.165, 1.54) is 22.3 Å². The molecule has 2 aliphatic carbocycles. The normalized spacial score (nSPS) is 11.2. The fourth-order valence-corrected chi connectivity index (χ4v) is 2.58. The third-order valence-corrected chi connectivity index (χ3v) is 3.93. The van der Waals surface area contributed by atoms with Gasteiger partial charge in [0.1, 0.15) is 5.75 Å². The maximum absolute atomic E-state index is 5.70. The molecule has 0 aliphatic heterocycles. The Balaban J connectivity index is 1.70. The van der Waals surface area contributed by atoms with Crippen LogP contribution < -0.4 is 4.74 Å². The van der Waals surface area contributed by atoms with Crippen LogP contribution in [0.15, 0.2) is 66.7 Å². The first-order chi connectivity index (χ1) is 11.4. The number of hydrogen-bond acceptors (Lipinski definition) is 1. The first kappa shape index (κ1) is 15.4. The molecule has 1 aromatic carbocycles. The summed E-state index contributed by atoms with van der Waals surface area (Å²) in [6.07, 6.45) is 6.59. The van der Waals surface area contributed by atoms with E-state index < -0.39 is 0 Å². The van der Waals surface area contributed by atoms with Crippen molar-refractivity contribution in [2.24, 2.45) is 0 Å². The molecule has 0 saturated heterocycles. The van der Waals surface area contributed by atoms with E-state index >= 15 is 0 Å². The molecule has 0 N–H and O–H groups in total. The Morgan fingerprint density at radius 1 is 0.826 bits per heavy atom. The molecule has 0 amide bonds. The largest absolute Gasteiger partial charge is 0.494 e. The van der Waals surface area contributed by atoms with Gasteiger partial charge in [0.2, 0.25) is 0 Å². The number of benzene rings is 1. The summed E-state index contributed by atoms with van der Waals surface area (Å²) in [5.41, 5.74) is 4.99. The van der Waals surface area contributed by atoms with Gasteiger partial charge in [-0.25, -0.2) is 0 Å². The van der Waals surface area contributed by atoms with Crippen LogP contribution in [0.1, 0.15) is 30.9 Å². The molecule has 0 aromatic heterocycles. The van der Waals surface area contributed by atoms with Gasteiger partial charge in [-0.2, -0.15) is 0 Å². The lowest BCUT2D eigenvalue weighted by Crippen LogP contribution is -1.95. The van der Waals surface area contributed by atoms with E-state index in [0.717, 1.165) is 25.2 Å². The number of unbranched alkanes of at least 4 members (excludes halogenated alkanes) is 1. The zero-order valence-electron chi connectivity index (χ0n) is 13.5. The maximum Gasteiger partial charge on any atom is 0.119 e. The molecule has 0 unspecified atom stereocenters. The van der Waals surface area contributed by atoms with Crippen molar-refractivity contribution in [3.8, 4) is 16.9 Å². The summed E-state index contributed by atoms with van der Waals surface area (Å²) in [6, 6.07) is 23.2. The molecule has 0 bridgehead atoms. The minimum Gasteiger partial charge on any atom is -0.494 e. The van der Waals surface area contributed by atoms with E-state index in [0.29, 0.717) is 0 Å². The molecule has 0 fully saturated rings. The smallest absolute Gasteiger partial charge is 0.119 e. The van der Waals surface area contributed by atoms with Gasteiger partial charge >= 0.3 is 0 Å². The zero-order chi connectivity index (χ0) is 15.9. The summed E-state index contributed by atoms with van der Waals surface area (Å²) < 4.78 is 5.70. The lowest BCUT2D eigenvalue weighted by molar-refractivity contribution is 0.309.